The number of aromatic nitrogens is 2. The van der Waals surface area contributed by atoms with Crippen LogP contribution in [0.25, 0.3) is 28.7 Å². The number of esters is 2. The Hall–Kier alpha value is -4.04. The molecule has 0 aliphatic heterocycles. The lowest BCUT2D eigenvalue weighted by Gasteiger charge is -2.14. The Balaban J connectivity index is 2.00. The molecule has 0 saturated heterocycles. The third-order valence-corrected chi connectivity index (χ3v) is 5.59. The van der Waals surface area contributed by atoms with Crippen LogP contribution in [0.4, 0.5) is 0 Å². The molecule has 0 unspecified atom stereocenters. The molecule has 0 bridgehead atoms. The number of halogens is 1. The molecular formula is C26H19BrN2O5. The van der Waals surface area contributed by atoms with Crippen LogP contribution in [0.2, 0.25) is 0 Å². The second-order valence-electron chi connectivity index (χ2n) is 7.27. The van der Waals surface area contributed by atoms with Crippen molar-refractivity contribution in [3.05, 3.63) is 104 Å². The molecule has 1 heterocycles. The minimum Gasteiger partial charge on any atom is -0.465 e. The predicted molar refractivity (Wildman–Crippen MR) is 133 cm³/mol. The van der Waals surface area contributed by atoms with Crippen molar-refractivity contribution in [3.63, 3.8) is 0 Å². The van der Waals surface area contributed by atoms with Crippen molar-refractivity contribution in [1.82, 2.24) is 9.55 Å². The van der Waals surface area contributed by atoms with E-state index in [4.69, 9.17) is 9.47 Å². The molecule has 4 aromatic rings. The molecule has 170 valence electrons. The highest BCUT2D eigenvalue weighted by atomic mass is 79.9. The third-order valence-electron chi connectivity index (χ3n) is 5.09. The summed E-state index contributed by atoms with van der Waals surface area (Å²) >= 11 is 3.45. The van der Waals surface area contributed by atoms with Gasteiger partial charge in [0.1, 0.15) is 5.82 Å². The molecule has 0 saturated carbocycles. The van der Waals surface area contributed by atoms with Gasteiger partial charge in [0.2, 0.25) is 0 Å². The molecule has 0 aliphatic rings. The van der Waals surface area contributed by atoms with Crippen LogP contribution in [0, 0.1) is 0 Å². The fraction of sp³-hybridized carbons (Fsp3) is 0.0769. The molecule has 0 aliphatic carbocycles. The van der Waals surface area contributed by atoms with E-state index in [1.165, 1.54) is 37.0 Å². The molecule has 3 aromatic carbocycles. The summed E-state index contributed by atoms with van der Waals surface area (Å²) < 4.78 is 11.9. The summed E-state index contributed by atoms with van der Waals surface area (Å²) in [6.45, 7) is 0. The SMILES string of the molecule is COC(=O)c1cc(C(=O)OC)cc(-n2c(/C=C\c3cccc(Br)c3)nc3ccccc3c2=O)c1. The summed E-state index contributed by atoms with van der Waals surface area (Å²) in [7, 11) is 2.48. The number of carbonyl (C=O) groups excluding carboxylic acids is 2. The standard InChI is InChI=1S/C26H19BrN2O5/c1-33-25(31)17-13-18(26(32)34-2)15-20(14-17)29-23(11-10-16-6-5-7-19(27)12-16)28-22-9-4-3-8-21(22)24(29)30/h3-15H,1-2H3/b11-10-. The first kappa shape index (κ1) is 23.1. The first-order valence-corrected chi connectivity index (χ1v) is 11.0. The number of para-hydroxylation sites is 1. The second-order valence-corrected chi connectivity index (χ2v) is 8.18. The van der Waals surface area contributed by atoms with Crippen molar-refractivity contribution in [3.8, 4) is 5.69 Å². The van der Waals surface area contributed by atoms with Gasteiger partial charge in [-0.15, -0.1) is 0 Å². The van der Waals surface area contributed by atoms with Gasteiger partial charge < -0.3 is 9.47 Å². The quantitative estimate of drug-likeness (QED) is 0.349. The maximum atomic E-state index is 13.6. The van der Waals surface area contributed by atoms with Gasteiger partial charge in [0.15, 0.2) is 0 Å². The van der Waals surface area contributed by atoms with Crippen molar-refractivity contribution in [2.75, 3.05) is 14.2 Å². The fourth-order valence-electron chi connectivity index (χ4n) is 3.50. The van der Waals surface area contributed by atoms with E-state index >= 15 is 0 Å². The Morgan fingerprint density at radius 3 is 2.21 bits per heavy atom. The zero-order chi connectivity index (χ0) is 24.2. The molecule has 7 nitrogen and oxygen atoms in total. The highest BCUT2D eigenvalue weighted by Crippen LogP contribution is 2.20. The van der Waals surface area contributed by atoms with Gasteiger partial charge in [-0.1, -0.05) is 46.3 Å². The van der Waals surface area contributed by atoms with E-state index in [9.17, 15) is 14.4 Å². The fourth-order valence-corrected chi connectivity index (χ4v) is 3.92. The maximum absolute atomic E-state index is 13.6. The van der Waals surface area contributed by atoms with Crippen LogP contribution in [-0.2, 0) is 9.47 Å². The number of ether oxygens (including phenoxy) is 2. The van der Waals surface area contributed by atoms with Gasteiger partial charge in [-0.2, -0.15) is 0 Å². The van der Waals surface area contributed by atoms with Gasteiger partial charge in [-0.25, -0.2) is 14.6 Å². The molecule has 0 spiro atoms. The summed E-state index contributed by atoms with van der Waals surface area (Å²) in [6.07, 6.45) is 3.53. The van der Waals surface area contributed by atoms with E-state index in [0.717, 1.165) is 10.0 Å². The van der Waals surface area contributed by atoms with Crippen molar-refractivity contribution in [1.29, 1.82) is 0 Å². The van der Waals surface area contributed by atoms with E-state index in [-0.39, 0.29) is 22.4 Å². The lowest BCUT2D eigenvalue weighted by atomic mass is 10.1. The number of fused-ring (bicyclic) bond motifs is 1. The first-order valence-electron chi connectivity index (χ1n) is 10.2. The van der Waals surface area contributed by atoms with E-state index in [1.54, 1.807) is 30.3 Å². The van der Waals surface area contributed by atoms with E-state index in [0.29, 0.717) is 16.7 Å². The normalized spacial score (nSPS) is 11.0. The highest BCUT2D eigenvalue weighted by molar-refractivity contribution is 9.10. The molecule has 1 aromatic heterocycles. The number of carbonyl (C=O) groups is 2. The summed E-state index contributed by atoms with van der Waals surface area (Å²) in [6, 6.07) is 18.9. The Bertz CT molecular complexity index is 1470. The van der Waals surface area contributed by atoms with Gasteiger partial charge in [-0.05, 0) is 54.1 Å². The highest BCUT2D eigenvalue weighted by Gasteiger charge is 2.18. The number of hydrogen-bond acceptors (Lipinski definition) is 6. The van der Waals surface area contributed by atoms with Gasteiger partial charge in [-0.3, -0.25) is 9.36 Å². The van der Waals surface area contributed by atoms with Crippen molar-refractivity contribution < 1.29 is 19.1 Å². The van der Waals surface area contributed by atoms with Gasteiger partial charge >= 0.3 is 11.9 Å². The van der Waals surface area contributed by atoms with E-state index < -0.39 is 11.9 Å². The summed E-state index contributed by atoms with van der Waals surface area (Å²) in [5.41, 5.74) is 1.54. The molecule has 0 N–H and O–H groups in total. The summed E-state index contributed by atoms with van der Waals surface area (Å²) in [4.78, 5) is 42.8. The lowest BCUT2D eigenvalue weighted by molar-refractivity contribution is 0.0599. The summed E-state index contributed by atoms with van der Waals surface area (Å²) in [5.74, 6) is -0.985. The topological polar surface area (TPSA) is 87.5 Å². The molecule has 0 atom stereocenters. The van der Waals surface area contributed by atoms with Crippen LogP contribution >= 0.6 is 15.9 Å². The minimum absolute atomic E-state index is 0.0994. The number of hydrogen-bond donors (Lipinski definition) is 0. The van der Waals surface area contributed by atoms with Gasteiger partial charge in [0.05, 0.1) is 41.9 Å². The average molecular weight is 519 g/mol. The number of rotatable bonds is 5. The molecule has 34 heavy (non-hydrogen) atoms. The van der Waals surface area contributed by atoms with E-state index in [2.05, 4.69) is 20.9 Å². The molecule has 8 heteroatoms. The van der Waals surface area contributed by atoms with Crippen molar-refractivity contribution in [2.24, 2.45) is 0 Å². The Kier molecular flexibility index (Phi) is 6.70. The molecule has 0 amide bonds. The smallest absolute Gasteiger partial charge is 0.337 e. The largest absolute Gasteiger partial charge is 0.465 e. The third kappa shape index (κ3) is 4.67. The van der Waals surface area contributed by atoms with Crippen LogP contribution in [0.3, 0.4) is 0 Å². The number of nitrogens with zero attached hydrogens (tertiary/aromatic N) is 2. The van der Waals surface area contributed by atoms with Crippen molar-refractivity contribution in [2.45, 2.75) is 0 Å². The molecule has 0 radical (unpaired) electrons. The summed E-state index contributed by atoms with van der Waals surface area (Å²) in [5, 5.41) is 0.394. The lowest BCUT2D eigenvalue weighted by Crippen LogP contribution is -2.23. The first-order chi connectivity index (χ1) is 16.4. The zero-order valence-electron chi connectivity index (χ0n) is 18.3. The van der Waals surface area contributed by atoms with Crippen LogP contribution in [0.5, 0.6) is 0 Å². The number of methoxy groups -OCH3 is 2. The van der Waals surface area contributed by atoms with Crippen LogP contribution in [-0.4, -0.2) is 35.7 Å². The van der Waals surface area contributed by atoms with Crippen LogP contribution < -0.4 is 5.56 Å². The molecular weight excluding hydrogens is 500 g/mol. The molecule has 4 rings (SSSR count). The van der Waals surface area contributed by atoms with Crippen LogP contribution in [0.1, 0.15) is 32.1 Å². The van der Waals surface area contributed by atoms with Crippen molar-refractivity contribution >= 4 is 50.9 Å². The Morgan fingerprint density at radius 1 is 0.882 bits per heavy atom. The van der Waals surface area contributed by atoms with Crippen LogP contribution in [0.15, 0.2) is 76.0 Å². The van der Waals surface area contributed by atoms with E-state index in [1.807, 2.05) is 30.3 Å². The predicted octanol–water partition coefficient (Wildman–Crippen LogP) is 4.89. The zero-order valence-corrected chi connectivity index (χ0v) is 19.9. The Labute approximate surface area is 203 Å². The molecule has 0 fully saturated rings. The number of benzene rings is 3. The minimum atomic E-state index is -0.653. The Morgan fingerprint density at radius 2 is 1.56 bits per heavy atom. The maximum Gasteiger partial charge on any atom is 0.337 e. The monoisotopic (exact) mass is 518 g/mol. The average Bonchev–Trinajstić information content (AvgIpc) is 2.86. The van der Waals surface area contributed by atoms with Gasteiger partial charge in [0, 0.05) is 4.47 Å². The second kappa shape index (κ2) is 9.84. The van der Waals surface area contributed by atoms with Gasteiger partial charge in [0.25, 0.3) is 5.56 Å².